The van der Waals surface area contributed by atoms with E-state index in [2.05, 4.69) is 19.9 Å². The summed E-state index contributed by atoms with van der Waals surface area (Å²) in [6.07, 6.45) is 0. The Labute approximate surface area is 109 Å². The van der Waals surface area contributed by atoms with E-state index >= 15 is 0 Å². The molecule has 0 spiro atoms. The molecule has 0 fully saturated rings. The van der Waals surface area contributed by atoms with Gasteiger partial charge in [0.05, 0.1) is 5.02 Å². The minimum atomic E-state index is -0.652. The van der Waals surface area contributed by atoms with Crippen molar-refractivity contribution in [2.24, 2.45) is 0 Å². The fourth-order valence-corrected chi connectivity index (χ4v) is 2.00. The van der Waals surface area contributed by atoms with Crippen molar-refractivity contribution < 1.29 is 4.39 Å². The lowest BCUT2D eigenvalue weighted by Gasteiger charge is -1.99. The molecule has 1 aromatic carbocycles. The number of hydrogen-bond acceptors (Lipinski definition) is 3. The molecule has 0 saturated heterocycles. The molecule has 2 aromatic heterocycles. The molecule has 3 rings (SSSR count). The van der Waals surface area contributed by atoms with E-state index in [1.165, 1.54) is 12.1 Å². The van der Waals surface area contributed by atoms with E-state index < -0.39 is 17.1 Å². The molecule has 0 saturated carbocycles. The second-order valence-electron chi connectivity index (χ2n) is 3.84. The average molecular weight is 281 g/mol. The maximum Gasteiger partial charge on any atom is 0.327 e. The number of aromatic nitrogens is 4. The number of hydrogen-bond donors (Lipinski definition) is 3. The lowest BCUT2D eigenvalue weighted by Crippen LogP contribution is -2.21. The molecular weight excluding hydrogens is 275 g/mol. The van der Waals surface area contributed by atoms with Gasteiger partial charge in [-0.1, -0.05) is 11.6 Å². The molecule has 0 aliphatic carbocycles. The summed E-state index contributed by atoms with van der Waals surface area (Å²) in [7, 11) is 0. The minimum absolute atomic E-state index is 0.115. The van der Waals surface area contributed by atoms with Crippen molar-refractivity contribution in [1.29, 1.82) is 0 Å². The van der Waals surface area contributed by atoms with Gasteiger partial charge in [-0.3, -0.25) is 14.8 Å². The predicted molar refractivity (Wildman–Crippen MR) is 67.7 cm³/mol. The van der Waals surface area contributed by atoms with Crippen LogP contribution in [0.25, 0.3) is 22.6 Å². The second kappa shape index (κ2) is 4.06. The molecule has 0 aliphatic heterocycles. The molecule has 6 nitrogen and oxygen atoms in total. The summed E-state index contributed by atoms with van der Waals surface area (Å²) in [5.74, 6) is -0.205. The Morgan fingerprint density at radius 2 is 1.95 bits per heavy atom. The highest BCUT2D eigenvalue weighted by Crippen LogP contribution is 2.26. The van der Waals surface area contributed by atoms with Crippen LogP contribution in [0.3, 0.4) is 0 Å². The largest absolute Gasteiger partial charge is 0.332 e. The zero-order valence-electron chi connectivity index (χ0n) is 9.25. The Bertz CT molecular complexity index is 896. The van der Waals surface area contributed by atoms with Gasteiger partial charge in [0, 0.05) is 5.56 Å². The molecular formula is C11H6ClFN4O2. The van der Waals surface area contributed by atoms with E-state index in [-0.39, 0.29) is 22.0 Å². The van der Waals surface area contributed by atoms with Gasteiger partial charge in [0.1, 0.15) is 17.2 Å². The van der Waals surface area contributed by atoms with Gasteiger partial charge in [0.25, 0.3) is 5.56 Å². The van der Waals surface area contributed by atoms with Crippen LogP contribution in [-0.2, 0) is 0 Å². The first kappa shape index (κ1) is 11.7. The number of rotatable bonds is 1. The quantitative estimate of drug-likeness (QED) is 0.629. The van der Waals surface area contributed by atoms with Crippen LogP contribution in [0.15, 0.2) is 27.8 Å². The number of nitrogens with one attached hydrogen (secondary N) is 3. The van der Waals surface area contributed by atoms with E-state index in [9.17, 15) is 14.0 Å². The standard InChI is InChI=1S/C11H6ClFN4O2/c12-6-3-4(13)1-2-5(6)8-14-7-9(15-8)16-11(19)17-10(7)18/h1-3H,(H3,14,15,16,17,18,19). The second-order valence-corrected chi connectivity index (χ2v) is 4.25. The summed E-state index contributed by atoms with van der Waals surface area (Å²) in [6.45, 7) is 0. The number of fused-ring (bicyclic) bond motifs is 1. The smallest absolute Gasteiger partial charge is 0.327 e. The summed E-state index contributed by atoms with van der Waals surface area (Å²) in [4.78, 5) is 33.9. The van der Waals surface area contributed by atoms with Gasteiger partial charge >= 0.3 is 5.69 Å². The van der Waals surface area contributed by atoms with E-state index in [1.54, 1.807) is 0 Å². The van der Waals surface area contributed by atoms with Crippen LogP contribution in [0.4, 0.5) is 4.39 Å². The first-order chi connectivity index (χ1) is 9.04. The number of aromatic amines is 3. The Kier molecular flexibility index (Phi) is 2.49. The zero-order chi connectivity index (χ0) is 13.6. The Hall–Kier alpha value is -2.41. The molecule has 0 bridgehead atoms. The van der Waals surface area contributed by atoms with Gasteiger partial charge in [0.2, 0.25) is 0 Å². The lowest BCUT2D eigenvalue weighted by atomic mass is 10.2. The maximum atomic E-state index is 13.0. The van der Waals surface area contributed by atoms with Crippen LogP contribution in [0.1, 0.15) is 0 Å². The third kappa shape index (κ3) is 1.93. The molecule has 96 valence electrons. The monoisotopic (exact) mass is 280 g/mol. The van der Waals surface area contributed by atoms with Crippen molar-refractivity contribution in [3.63, 3.8) is 0 Å². The zero-order valence-corrected chi connectivity index (χ0v) is 10.0. The van der Waals surface area contributed by atoms with Crippen molar-refractivity contribution in [3.8, 4) is 11.4 Å². The molecule has 0 aliphatic rings. The third-order valence-electron chi connectivity index (χ3n) is 2.58. The first-order valence-corrected chi connectivity index (χ1v) is 5.60. The average Bonchev–Trinajstić information content (AvgIpc) is 2.72. The van der Waals surface area contributed by atoms with Crippen molar-refractivity contribution in [2.75, 3.05) is 0 Å². The number of imidazole rings is 1. The maximum absolute atomic E-state index is 13.0. The summed E-state index contributed by atoms with van der Waals surface area (Å²) >= 11 is 5.90. The summed E-state index contributed by atoms with van der Waals surface area (Å²) in [6, 6.07) is 3.79. The highest BCUT2D eigenvalue weighted by Gasteiger charge is 2.12. The first-order valence-electron chi connectivity index (χ1n) is 5.22. The predicted octanol–water partition coefficient (Wildman–Crippen LogP) is 1.40. The number of H-pyrrole nitrogens is 3. The van der Waals surface area contributed by atoms with Crippen LogP contribution in [-0.4, -0.2) is 19.9 Å². The molecule has 19 heavy (non-hydrogen) atoms. The van der Waals surface area contributed by atoms with E-state index in [4.69, 9.17) is 11.6 Å². The fraction of sp³-hybridized carbons (Fsp3) is 0. The lowest BCUT2D eigenvalue weighted by molar-refractivity contribution is 0.628. The summed E-state index contributed by atoms with van der Waals surface area (Å²) in [5, 5.41) is 0.151. The Balaban J connectivity index is 2.29. The van der Waals surface area contributed by atoms with Gasteiger partial charge in [-0.05, 0) is 18.2 Å². The molecule has 0 radical (unpaired) electrons. The molecule has 0 unspecified atom stereocenters. The van der Waals surface area contributed by atoms with Gasteiger partial charge in [0.15, 0.2) is 5.65 Å². The SMILES string of the molecule is O=c1[nH]c(=O)c2[nH]c(-c3ccc(F)cc3Cl)nc2[nH]1. The van der Waals surface area contributed by atoms with E-state index in [0.29, 0.717) is 5.56 Å². The van der Waals surface area contributed by atoms with Gasteiger partial charge in [-0.25, -0.2) is 14.2 Å². The van der Waals surface area contributed by atoms with E-state index in [0.717, 1.165) is 6.07 Å². The number of halogens is 2. The fourth-order valence-electron chi connectivity index (χ4n) is 1.74. The van der Waals surface area contributed by atoms with Crippen LogP contribution < -0.4 is 11.2 Å². The van der Waals surface area contributed by atoms with Crippen molar-refractivity contribution >= 4 is 22.8 Å². The molecule has 2 heterocycles. The van der Waals surface area contributed by atoms with Crippen molar-refractivity contribution in [3.05, 3.63) is 49.9 Å². The van der Waals surface area contributed by atoms with Crippen LogP contribution in [0, 0.1) is 5.82 Å². The van der Waals surface area contributed by atoms with Crippen LogP contribution in [0.2, 0.25) is 5.02 Å². The van der Waals surface area contributed by atoms with Gasteiger partial charge in [-0.2, -0.15) is 0 Å². The molecule has 0 amide bonds. The Morgan fingerprint density at radius 1 is 1.16 bits per heavy atom. The van der Waals surface area contributed by atoms with Gasteiger partial charge in [-0.15, -0.1) is 0 Å². The van der Waals surface area contributed by atoms with Crippen molar-refractivity contribution in [1.82, 2.24) is 19.9 Å². The Morgan fingerprint density at radius 3 is 2.68 bits per heavy atom. The molecule has 3 aromatic rings. The highest BCUT2D eigenvalue weighted by atomic mass is 35.5. The number of nitrogens with zero attached hydrogens (tertiary/aromatic N) is 1. The van der Waals surface area contributed by atoms with Gasteiger partial charge < -0.3 is 4.98 Å². The summed E-state index contributed by atoms with van der Waals surface area (Å²) in [5.41, 5.74) is -0.574. The molecule has 3 N–H and O–H groups in total. The number of benzene rings is 1. The van der Waals surface area contributed by atoms with Crippen LogP contribution in [0.5, 0.6) is 0 Å². The normalized spacial score (nSPS) is 11.1. The topological polar surface area (TPSA) is 94.4 Å². The molecule has 0 atom stereocenters. The molecule has 8 heteroatoms. The third-order valence-corrected chi connectivity index (χ3v) is 2.89. The van der Waals surface area contributed by atoms with Crippen molar-refractivity contribution in [2.45, 2.75) is 0 Å². The van der Waals surface area contributed by atoms with E-state index in [1.807, 2.05) is 0 Å². The summed E-state index contributed by atoms with van der Waals surface area (Å²) < 4.78 is 13.0. The van der Waals surface area contributed by atoms with Crippen LogP contribution >= 0.6 is 11.6 Å². The highest BCUT2D eigenvalue weighted by molar-refractivity contribution is 6.33. The minimum Gasteiger partial charge on any atom is -0.332 e.